The van der Waals surface area contributed by atoms with E-state index < -0.39 is 0 Å². The van der Waals surface area contributed by atoms with Crippen LogP contribution in [0.2, 0.25) is 5.02 Å². The number of aromatic nitrogens is 2. The Hall–Kier alpha value is -1.52. The minimum Gasteiger partial charge on any atom is -0.397 e. The Morgan fingerprint density at radius 2 is 2.18 bits per heavy atom. The minimum atomic E-state index is 0.600. The number of aromatic amines is 1. The molecule has 0 radical (unpaired) electrons. The van der Waals surface area contributed by atoms with Gasteiger partial charge in [0.05, 0.1) is 16.1 Å². The molecule has 0 amide bonds. The van der Waals surface area contributed by atoms with Gasteiger partial charge in [-0.25, -0.2) is 4.98 Å². The number of nitrogen functional groups attached to an aromatic ring is 1. The molecule has 0 spiro atoms. The number of halogens is 1. The quantitative estimate of drug-likeness (QED) is 0.656. The molecule has 0 saturated carbocycles. The summed E-state index contributed by atoms with van der Waals surface area (Å²) in [6.45, 7) is 2.07. The number of nitrogens with one attached hydrogen (secondary N) is 1. The van der Waals surface area contributed by atoms with Crippen molar-refractivity contribution in [1.82, 2.24) is 9.97 Å². The molecule has 0 bridgehead atoms. The van der Waals surface area contributed by atoms with E-state index in [2.05, 4.69) is 29.0 Å². The fraction of sp³-hybridized carbons (Fsp3) is 0.0833. The summed E-state index contributed by atoms with van der Waals surface area (Å²) in [5.41, 5.74) is 8.14. The summed E-state index contributed by atoms with van der Waals surface area (Å²) in [6, 6.07) is 7.68. The zero-order chi connectivity index (χ0) is 12.0. The average molecular weight is 264 g/mol. The third-order valence-electron chi connectivity index (χ3n) is 2.55. The van der Waals surface area contributed by atoms with Gasteiger partial charge < -0.3 is 10.7 Å². The molecule has 1 aromatic carbocycles. The van der Waals surface area contributed by atoms with Crippen LogP contribution < -0.4 is 5.73 Å². The molecule has 3 nitrogen and oxygen atoms in total. The highest BCUT2D eigenvalue weighted by molar-refractivity contribution is 7.15. The number of hydrogen-bond acceptors (Lipinski definition) is 3. The summed E-state index contributed by atoms with van der Waals surface area (Å²) in [4.78, 5) is 10.1. The molecule has 3 N–H and O–H groups in total. The molecule has 5 heteroatoms. The van der Waals surface area contributed by atoms with E-state index in [0.29, 0.717) is 10.7 Å². The van der Waals surface area contributed by atoms with Crippen LogP contribution in [0.5, 0.6) is 0 Å². The highest BCUT2D eigenvalue weighted by Crippen LogP contribution is 2.30. The van der Waals surface area contributed by atoms with E-state index in [-0.39, 0.29) is 0 Å². The summed E-state index contributed by atoms with van der Waals surface area (Å²) in [5, 5.41) is 0.618. The maximum Gasteiger partial charge on any atom is 0.148 e. The Bertz CT molecular complexity index is 699. The van der Waals surface area contributed by atoms with Gasteiger partial charge in [-0.2, -0.15) is 0 Å². The summed E-state index contributed by atoms with van der Waals surface area (Å²) >= 11 is 7.66. The van der Waals surface area contributed by atoms with Gasteiger partial charge in [0.15, 0.2) is 0 Å². The van der Waals surface area contributed by atoms with Gasteiger partial charge in [-0.05, 0) is 31.2 Å². The first-order valence-electron chi connectivity index (χ1n) is 5.15. The largest absolute Gasteiger partial charge is 0.397 e. The van der Waals surface area contributed by atoms with Crippen LogP contribution in [0, 0.1) is 6.92 Å². The maximum atomic E-state index is 5.96. The van der Waals surface area contributed by atoms with Gasteiger partial charge in [-0.1, -0.05) is 11.6 Å². The number of rotatable bonds is 1. The number of anilines is 1. The molecule has 0 atom stereocenters. The third kappa shape index (κ3) is 1.79. The van der Waals surface area contributed by atoms with E-state index >= 15 is 0 Å². The molecule has 2 heterocycles. The van der Waals surface area contributed by atoms with Crippen molar-refractivity contribution in [3.05, 3.63) is 34.2 Å². The number of hydrogen-bond donors (Lipinski definition) is 2. The molecule has 0 saturated heterocycles. The van der Waals surface area contributed by atoms with Crippen molar-refractivity contribution < 1.29 is 0 Å². The van der Waals surface area contributed by atoms with Crippen molar-refractivity contribution in [2.24, 2.45) is 0 Å². The zero-order valence-corrected chi connectivity index (χ0v) is 10.7. The number of nitrogens with zero attached hydrogens (tertiary/aromatic N) is 1. The fourth-order valence-corrected chi connectivity index (χ4v) is 2.83. The first-order chi connectivity index (χ1) is 8.13. The fourth-order valence-electron chi connectivity index (χ4n) is 1.79. The van der Waals surface area contributed by atoms with Crippen LogP contribution in [0.1, 0.15) is 4.88 Å². The number of H-pyrrole nitrogens is 1. The van der Waals surface area contributed by atoms with Crippen LogP contribution in [0.4, 0.5) is 5.69 Å². The highest BCUT2D eigenvalue weighted by atomic mass is 35.5. The second-order valence-electron chi connectivity index (χ2n) is 3.89. The van der Waals surface area contributed by atoms with Crippen molar-refractivity contribution in [3.63, 3.8) is 0 Å². The van der Waals surface area contributed by atoms with E-state index in [4.69, 9.17) is 17.3 Å². The summed E-state index contributed by atoms with van der Waals surface area (Å²) in [5.74, 6) is 0.840. The monoisotopic (exact) mass is 263 g/mol. The van der Waals surface area contributed by atoms with Gasteiger partial charge in [0.25, 0.3) is 0 Å². The van der Waals surface area contributed by atoms with Gasteiger partial charge in [0.1, 0.15) is 11.3 Å². The number of benzene rings is 1. The van der Waals surface area contributed by atoms with Gasteiger partial charge in [0, 0.05) is 9.90 Å². The molecular formula is C12H10ClN3S. The lowest BCUT2D eigenvalue weighted by atomic mass is 10.3. The molecule has 17 heavy (non-hydrogen) atoms. The predicted octanol–water partition coefficient (Wildman–Crippen LogP) is 3.84. The predicted molar refractivity (Wildman–Crippen MR) is 73.6 cm³/mol. The number of imidazole rings is 1. The Labute approximate surface area is 107 Å². The number of fused-ring (bicyclic) bond motifs is 1. The molecule has 0 aliphatic rings. The third-order valence-corrected chi connectivity index (χ3v) is 3.78. The first-order valence-corrected chi connectivity index (χ1v) is 6.34. The molecule has 0 aliphatic heterocycles. The first kappa shape index (κ1) is 10.6. The normalized spacial score (nSPS) is 11.2. The lowest BCUT2D eigenvalue weighted by Crippen LogP contribution is -1.86. The van der Waals surface area contributed by atoms with E-state index in [0.717, 1.165) is 21.7 Å². The second-order valence-corrected chi connectivity index (χ2v) is 5.61. The lowest BCUT2D eigenvalue weighted by Gasteiger charge is -1.94. The topological polar surface area (TPSA) is 54.7 Å². The van der Waals surface area contributed by atoms with Gasteiger partial charge in [-0.15, -0.1) is 11.3 Å². The van der Waals surface area contributed by atoms with E-state index in [1.807, 2.05) is 6.07 Å². The molecule has 0 fully saturated rings. The van der Waals surface area contributed by atoms with Crippen LogP contribution in [0.15, 0.2) is 24.3 Å². The van der Waals surface area contributed by atoms with Crippen LogP contribution >= 0.6 is 22.9 Å². The van der Waals surface area contributed by atoms with Crippen molar-refractivity contribution in [3.8, 4) is 10.7 Å². The average Bonchev–Trinajstić information content (AvgIpc) is 2.83. The number of aryl methyl sites for hydroxylation is 1. The molecule has 3 aromatic rings. The standard InChI is InChI=1S/C12H10ClN3S/c1-6-2-3-10(17-6)12-15-9-5-7(13)4-8(14)11(9)16-12/h2-5H,14H2,1H3,(H,15,16). The highest BCUT2D eigenvalue weighted by Gasteiger charge is 2.10. The summed E-state index contributed by atoms with van der Waals surface area (Å²) in [7, 11) is 0. The molecular weight excluding hydrogens is 254 g/mol. The van der Waals surface area contributed by atoms with E-state index in [1.54, 1.807) is 17.4 Å². The Kier molecular flexibility index (Phi) is 2.34. The molecule has 86 valence electrons. The Morgan fingerprint density at radius 3 is 2.88 bits per heavy atom. The van der Waals surface area contributed by atoms with Gasteiger partial charge in [-0.3, -0.25) is 0 Å². The van der Waals surface area contributed by atoms with E-state index in [1.165, 1.54) is 4.88 Å². The van der Waals surface area contributed by atoms with Crippen molar-refractivity contribution in [2.45, 2.75) is 6.92 Å². The van der Waals surface area contributed by atoms with Crippen molar-refractivity contribution in [2.75, 3.05) is 5.73 Å². The molecule has 0 aliphatic carbocycles. The lowest BCUT2D eigenvalue weighted by molar-refractivity contribution is 1.36. The summed E-state index contributed by atoms with van der Waals surface area (Å²) < 4.78 is 0. The number of thiophene rings is 1. The molecule has 3 rings (SSSR count). The van der Waals surface area contributed by atoms with Gasteiger partial charge >= 0.3 is 0 Å². The maximum absolute atomic E-state index is 5.96. The second kappa shape index (κ2) is 3.75. The SMILES string of the molecule is Cc1ccc(-c2nc3c(N)cc(Cl)cc3[nH]2)s1. The van der Waals surface area contributed by atoms with Crippen LogP contribution in [0.25, 0.3) is 21.7 Å². The van der Waals surface area contributed by atoms with Crippen LogP contribution in [-0.4, -0.2) is 9.97 Å². The van der Waals surface area contributed by atoms with E-state index in [9.17, 15) is 0 Å². The van der Waals surface area contributed by atoms with Crippen molar-refractivity contribution in [1.29, 1.82) is 0 Å². The summed E-state index contributed by atoms with van der Waals surface area (Å²) in [6.07, 6.45) is 0. The number of nitrogens with two attached hydrogens (primary N) is 1. The van der Waals surface area contributed by atoms with Gasteiger partial charge in [0.2, 0.25) is 0 Å². The molecule has 0 unspecified atom stereocenters. The van der Waals surface area contributed by atoms with Crippen molar-refractivity contribution >= 4 is 39.7 Å². The zero-order valence-electron chi connectivity index (χ0n) is 9.12. The minimum absolute atomic E-state index is 0.600. The Morgan fingerprint density at radius 1 is 1.35 bits per heavy atom. The van der Waals surface area contributed by atoms with Crippen LogP contribution in [-0.2, 0) is 0 Å². The molecule has 2 aromatic heterocycles. The smallest absolute Gasteiger partial charge is 0.148 e. The van der Waals surface area contributed by atoms with Crippen LogP contribution in [0.3, 0.4) is 0 Å². The Balaban J connectivity index is 2.23.